The smallest absolute Gasteiger partial charge is 0.293 e. The van der Waals surface area contributed by atoms with Gasteiger partial charge in [0.25, 0.3) is 5.69 Å². The number of nitrogens with two attached hydrogens (primary N) is 1. The molecule has 0 bridgehead atoms. The fraction of sp³-hybridized carbons (Fsp3) is 0.500. The highest BCUT2D eigenvalue weighted by molar-refractivity contribution is 7.89. The van der Waals surface area contributed by atoms with E-state index in [0.717, 1.165) is 6.07 Å². The number of anilines is 1. The van der Waals surface area contributed by atoms with Gasteiger partial charge in [-0.1, -0.05) is 13.8 Å². The maximum Gasteiger partial charge on any atom is 0.293 e. The lowest BCUT2D eigenvalue weighted by atomic mass is 10.1. The summed E-state index contributed by atoms with van der Waals surface area (Å²) in [4.78, 5) is 10.0. The van der Waals surface area contributed by atoms with Gasteiger partial charge in [-0.05, 0) is 31.4 Å². The molecule has 112 valence electrons. The number of nitrogen functional groups attached to an aromatic ring is 1. The monoisotopic (exact) mass is 301 g/mol. The lowest BCUT2D eigenvalue weighted by Crippen LogP contribution is -2.36. The molecule has 0 spiro atoms. The lowest BCUT2D eigenvalue weighted by molar-refractivity contribution is -0.384. The van der Waals surface area contributed by atoms with E-state index in [-0.39, 0.29) is 22.5 Å². The molecule has 1 atom stereocenters. The van der Waals surface area contributed by atoms with E-state index in [0.29, 0.717) is 5.56 Å². The van der Waals surface area contributed by atoms with Crippen molar-refractivity contribution in [3.63, 3.8) is 0 Å². The van der Waals surface area contributed by atoms with Crippen LogP contribution < -0.4 is 10.5 Å². The molecule has 0 saturated heterocycles. The average Bonchev–Trinajstić information content (AvgIpc) is 2.26. The van der Waals surface area contributed by atoms with Crippen LogP contribution in [0.3, 0.4) is 0 Å². The van der Waals surface area contributed by atoms with Crippen LogP contribution in [0.4, 0.5) is 11.4 Å². The van der Waals surface area contributed by atoms with E-state index < -0.39 is 20.6 Å². The Morgan fingerprint density at radius 3 is 2.30 bits per heavy atom. The van der Waals surface area contributed by atoms with Crippen molar-refractivity contribution >= 4 is 21.4 Å². The van der Waals surface area contributed by atoms with Crippen molar-refractivity contribution in [2.75, 3.05) is 5.73 Å². The third kappa shape index (κ3) is 3.45. The lowest BCUT2D eigenvalue weighted by Gasteiger charge is -2.18. The van der Waals surface area contributed by atoms with Crippen molar-refractivity contribution in [2.24, 2.45) is 5.92 Å². The number of nitrogens with one attached hydrogen (secondary N) is 1. The minimum absolute atomic E-state index is 0.0524. The number of sulfonamides is 1. The van der Waals surface area contributed by atoms with Crippen LogP contribution in [0, 0.1) is 23.0 Å². The summed E-state index contributed by atoms with van der Waals surface area (Å²) >= 11 is 0. The summed E-state index contributed by atoms with van der Waals surface area (Å²) < 4.78 is 27.1. The Labute approximate surface area is 118 Å². The zero-order valence-corrected chi connectivity index (χ0v) is 12.7. The van der Waals surface area contributed by atoms with Gasteiger partial charge in [0.2, 0.25) is 10.0 Å². The third-order valence-electron chi connectivity index (χ3n) is 3.15. The summed E-state index contributed by atoms with van der Waals surface area (Å²) in [5.74, 6) is 0.105. The molecule has 0 aliphatic heterocycles. The van der Waals surface area contributed by atoms with E-state index in [4.69, 9.17) is 5.73 Å². The SMILES string of the molecule is Cc1cc(N)c([N+](=O)[O-])cc1S(=O)(=O)NC(C)C(C)C. The number of rotatable bonds is 5. The minimum atomic E-state index is -3.82. The third-order valence-corrected chi connectivity index (χ3v) is 4.85. The highest BCUT2D eigenvalue weighted by Gasteiger charge is 2.25. The Bertz CT molecular complexity index is 626. The molecule has 8 heteroatoms. The Kier molecular flexibility index (Phi) is 4.72. The van der Waals surface area contributed by atoms with Crippen LogP contribution in [0.25, 0.3) is 0 Å². The predicted molar refractivity (Wildman–Crippen MR) is 76.9 cm³/mol. The van der Waals surface area contributed by atoms with Crippen molar-refractivity contribution in [2.45, 2.75) is 38.6 Å². The Balaban J connectivity index is 3.32. The first-order chi connectivity index (χ1) is 9.06. The van der Waals surface area contributed by atoms with Crippen LogP contribution >= 0.6 is 0 Å². The zero-order valence-electron chi connectivity index (χ0n) is 11.9. The first-order valence-corrected chi connectivity index (χ1v) is 7.61. The fourth-order valence-corrected chi connectivity index (χ4v) is 3.23. The van der Waals surface area contributed by atoms with Gasteiger partial charge in [0.1, 0.15) is 5.69 Å². The molecule has 0 aliphatic rings. The molecule has 3 N–H and O–H groups in total. The molecular weight excluding hydrogens is 282 g/mol. The molecule has 0 saturated carbocycles. The van der Waals surface area contributed by atoms with E-state index >= 15 is 0 Å². The summed E-state index contributed by atoms with van der Waals surface area (Å²) in [5.41, 5.74) is 5.44. The Hall–Kier alpha value is -1.67. The minimum Gasteiger partial charge on any atom is -0.393 e. The molecule has 0 aromatic heterocycles. The van der Waals surface area contributed by atoms with Gasteiger partial charge in [-0.2, -0.15) is 0 Å². The maximum absolute atomic E-state index is 12.3. The molecule has 7 nitrogen and oxygen atoms in total. The summed E-state index contributed by atoms with van der Waals surface area (Å²) in [5, 5.41) is 10.9. The number of hydrogen-bond acceptors (Lipinski definition) is 5. The van der Waals surface area contributed by atoms with Crippen LogP contribution in [-0.4, -0.2) is 19.4 Å². The van der Waals surface area contributed by atoms with Crippen LogP contribution in [0.2, 0.25) is 0 Å². The number of nitro groups is 1. The Morgan fingerprint density at radius 1 is 1.30 bits per heavy atom. The second-order valence-corrected chi connectivity index (χ2v) is 6.77. The molecule has 0 aliphatic carbocycles. The molecule has 1 aromatic carbocycles. The highest BCUT2D eigenvalue weighted by Crippen LogP contribution is 2.28. The average molecular weight is 301 g/mol. The van der Waals surface area contributed by atoms with Crippen LogP contribution in [0.5, 0.6) is 0 Å². The van der Waals surface area contributed by atoms with Crippen molar-refractivity contribution in [1.82, 2.24) is 4.72 Å². The Morgan fingerprint density at radius 2 is 1.85 bits per heavy atom. The molecule has 1 unspecified atom stereocenters. The highest BCUT2D eigenvalue weighted by atomic mass is 32.2. The molecule has 0 amide bonds. The van der Waals surface area contributed by atoms with E-state index in [1.54, 1.807) is 13.8 Å². The van der Waals surface area contributed by atoms with Gasteiger partial charge in [-0.15, -0.1) is 0 Å². The molecule has 1 aromatic rings. The predicted octanol–water partition coefficient (Wildman–Crippen LogP) is 1.81. The molecule has 20 heavy (non-hydrogen) atoms. The van der Waals surface area contributed by atoms with Gasteiger partial charge < -0.3 is 5.73 Å². The second-order valence-electron chi connectivity index (χ2n) is 5.09. The number of hydrogen-bond donors (Lipinski definition) is 2. The van der Waals surface area contributed by atoms with Gasteiger partial charge in [0, 0.05) is 12.1 Å². The number of benzene rings is 1. The standard InChI is InChI=1S/C12H19N3O4S/c1-7(2)9(4)14-20(18,19)12-6-11(15(16)17)10(13)5-8(12)3/h5-7,9,14H,13H2,1-4H3. The van der Waals surface area contributed by atoms with Gasteiger partial charge in [0.05, 0.1) is 9.82 Å². The van der Waals surface area contributed by atoms with Crippen molar-refractivity contribution < 1.29 is 13.3 Å². The molecule has 0 heterocycles. The molecule has 0 fully saturated rings. The van der Waals surface area contributed by atoms with Crippen molar-refractivity contribution in [1.29, 1.82) is 0 Å². The summed E-state index contributed by atoms with van der Waals surface area (Å²) in [6.45, 7) is 7.05. The van der Waals surface area contributed by atoms with Gasteiger partial charge >= 0.3 is 0 Å². The zero-order chi connectivity index (χ0) is 15.7. The largest absolute Gasteiger partial charge is 0.393 e. The normalized spacial score (nSPS) is 13.4. The summed E-state index contributed by atoms with van der Waals surface area (Å²) in [6.07, 6.45) is 0. The van der Waals surface area contributed by atoms with Crippen molar-refractivity contribution in [3.8, 4) is 0 Å². The molecule has 1 rings (SSSR count). The topological polar surface area (TPSA) is 115 Å². The van der Waals surface area contributed by atoms with E-state index in [1.165, 1.54) is 6.07 Å². The van der Waals surface area contributed by atoms with Gasteiger partial charge in [-0.25, -0.2) is 13.1 Å². The van der Waals surface area contributed by atoms with Crippen LogP contribution in [-0.2, 0) is 10.0 Å². The van der Waals surface area contributed by atoms with Crippen LogP contribution in [0.1, 0.15) is 26.3 Å². The van der Waals surface area contributed by atoms with E-state index in [1.807, 2.05) is 13.8 Å². The van der Waals surface area contributed by atoms with E-state index in [9.17, 15) is 18.5 Å². The van der Waals surface area contributed by atoms with Crippen LogP contribution in [0.15, 0.2) is 17.0 Å². The second kappa shape index (κ2) is 5.76. The van der Waals surface area contributed by atoms with Gasteiger partial charge in [0.15, 0.2) is 0 Å². The number of nitrogens with zero attached hydrogens (tertiary/aromatic N) is 1. The molecular formula is C12H19N3O4S. The number of aryl methyl sites for hydroxylation is 1. The van der Waals surface area contributed by atoms with Crippen molar-refractivity contribution in [3.05, 3.63) is 27.8 Å². The van der Waals surface area contributed by atoms with E-state index in [2.05, 4.69) is 4.72 Å². The molecule has 0 radical (unpaired) electrons. The first-order valence-electron chi connectivity index (χ1n) is 6.13. The number of nitro benzene ring substituents is 1. The summed E-state index contributed by atoms with van der Waals surface area (Å²) in [6, 6.07) is 2.02. The maximum atomic E-state index is 12.3. The summed E-state index contributed by atoms with van der Waals surface area (Å²) in [7, 11) is -3.82. The quantitative estimate of drug-likeness (QED) is 0.489. The van der Waals surface area contributed by atoms with Gasteiger partial charge in [-0.3, -0.25) is 10.1 Å². The first kappa shape index (κ1) is 16.4. The fourth-order valence-electron chi connectivity index (χ4n) is 1.59.